The SMILES string of the molecule is COC(=O)C1CCc2c(C)cccc2C(=O)C1. The third-order valence-corrected chi connectivity index (χ3v) is 3.42. The van der Waals surface area contributed by atoms with Crippen LogP contribution in [-0.4, -0.2) is 18.9 Å². The van der Waals surface area contributed by atoms with E-state index in [0.29, 0.717) is 6.42 Å². The Bertz CT molecular complexity index is 463. The summed E-state index contributed by atoms with van der Waals surface area (Å²) in [4.78, 5) is 23.6. The number of carbonyl (C=O) groups is 2. The van der Waals surface area contributed by atoms with Crippen LogP contribution in [0.1, 0.15) is 34.3 Å². The van der Waals surface area contributed by atoms with Crippen LogP contribution < -0.4 is 0 Å². The van der Waals surface area contributed by atoms with Gasteiger partial charge in [-0.25, -0.2) is 0 Å². The number of hydrogen-bond donors (Lipinski definition) is 0. The van der Waals surface area contributed by atoms with Gasteiger partial charge in [-0.15, -0.1) is 0 Å². The molecule has 17 heavy (non-hydrogen) atoms. The van der Waals surface area contributed by atoms with E-state index in [2.05, 4.69) is 0 Å². The zero-order chi connectivity index (χ0) is 12.4. The highest BCUT2D eigenvalue weighted by Crippen LogP contribution is 2.27. The highest BCUT2D eigenvalue weighted by Gasteiger charge is 2.28. The third kappa shape index (κ3) is 2.23. The van der Waals surface area contributed by atoms with Crippen molar-refractivity contribution in [3.63, 3.8) is 0 Å². The third-order valence-electron chi connectivity index (χ3n) is 3.42. The fourth-order valence-corrected chi connectivity index (χ4v) is 2.42. The minimum atomic E-state index is -0.292. The summed E-state index contributed by atoms with van der Waals surface area (Å²) in [7, 11) is 1.37. The van der Waals surface area contributed by atoms with Gasteiger partial charge < -0.3 is 4.74 Å². The Morgan fingerprint density at radius 1 is 1.41 bits per heavy atom. The van der Waals surface area contributed by atoms with Crippen LogP contribution in [0.5, 0.6) is 0 Å². The molecule has 0 fully saturated rings. The van der Waals surface area contributed by atoms with Gasteiger partial charge in [-0.3, -0.25) is 9.59 Å². The Morgan fingerprint density at radius 2 is 2.18 bits per heavy atom. The summed E-state index contributed by atoms with van der Waals surface area (Å²) in [6.07, 6.45) is 1.73. The standard InChI is InChI=1S/C14H16O3/c1-9-4-3-5-12-11(9)7-6-10(8-13(12)15)14(16)17-2/h3-5,10H,6-8H2,1-2H3. The first-order valence-electron chi connectivity index (χ1n) is 5.83. The smallest absolute Gasteiger partial charge is 0.309 e. The summed E-state index contributed by atoms with van der Waals surface area (Å²) in [5.74, 6) is -0.514. The minimum Gasteiger partial charge on any atom is -0.469 e. The molecular formula is C14H16O3. The number of fused-ring (bicyclic) bond motifs is 1. The van der Waals surface area contributed by atoms with Gasteiger partial charge in [0.25, 0.3) is 0 Å². The molecule has 0 aliphatic heterocycles. The summed E-state index contributed by atoms with van der Waals surface area (Å²) < 4.78 is 4.73. The van der Waals surface area contributed by atoms with E-state index in [-0.39, 0.29) is 24.1 Å². The summed E-state index contributed by atoms with van der Waals surface area (Å²) in [5.41, 5.74) is 2.99. The molecule has 0 spiro atoms. The van der Waals surface area contributed by atoms with E-state index in [1.165, 1.54) is 7.11 Å². The summed E-state index contributed by atoms with van der Waals surface area (Å²) in [6, 6.07) is 5.75. The molecular weight excluding hydrogens is 216 g/mol. The maximum atomic E-state index is 12.1. The van der Waals surface area contributed by atoms with Crippen molar-refractivity contribution >= 4 is 11.8 Å². The van der Waals surface area contributed by atoms with Crippen LogP contribution in [0.15, 0.2) is 18.2 Å². The van der Waals surface area contributed by atoms with E-state index in [1.54, 1.807) is 0 Å². The van der Waals surface area contributed by atoms with Crippen LogP contribution in [0, 0.1) is 12.8 Å². The summed E-state index contributed by atoms with van der Waals surface area (Å²) >= 11 is 0. The lowest BCUT2D eigenvalue weighted by atomic mass is 9.98. The fraction of sp³-hybridized carbons (Fsp3) is 0.429. The molecule has 1 aliphatic rings. The minimum absolute atomic E-state index is 0.0524. The molecule has 3 heteroatoms. The lowest BCUT2D eigenvalue weighted by Crippen LogP contribution is -2.18. The molecule has 1 aromatic rings. The molecule has 1 aliphatic carbocycles. The number of rotatable bonds is 1. The van der Waals surface area contributed by atoms with Gasteiger partial charge in [-0.05, 0) is 30.9 Å². The molecule has 1 aromatic carbocycles. The first-order valence-corrected chi connectivity index (χ1v) is 5.83. The van der Waals surface area contributed by atoms with E-state index in [4.69, 9.17) is 4.74 Å². The van der Waals surface area contributed by atoms with Gasteiger partial charge in [0.05, 0.1) is 13.0 Å². The Morgan fingerprint density at radius 3 is 2.88 bits per heavy atom. The molecule has 0 saturated carbocycles. The number of ketones is 1. The molecule has 2 rings (SSSR count). The Labute approximate surface area is 101 Å². The number of ether oxygens (including phenoxy) is 1. The quantitative estimate of drug-likeness (QED) is 0.551. The Hall–Kier alpha value is -1.64. The van der Waals surface area contributed by atoms with Crippen molar-refractivity contribution in [1.82, 2.24) is 0 Å². The van der Waals surface area contributed by atoms with E-state index >= 15 is 0 Å². The predicted octanol–water partition coefficient (Wildman–Crippen LogP) is 2.30. The van der Waals surface area contributed by atoms with Crippen LogP contribution in [0.25, 0.3) is 0 Å². The fourth-order valence-electron chi connectivity index (χ4n) is 2.42. The topological polar surface area (TPSA) is 43.4 Å². The Kier molecular flexibility index (Phi) is 3.27. The summed E-state index contributed by atoms with van der Waals surface area (Å²) in [5, 5.41) is 0. The Balaban J connectivity index is 2.33. The van der Waals surface area contributed by atoms with Gasteiger partial charge >= 0.3 is 5.97 Å². The molecule has 0 radical (unpaired) electrons. The molecule has 0 heterocycles. The average molecular weight is 232 g/mol. The largest absolute Gasteiger partial charge is 0.469 e. The average Bonchev–Trinajstić information content (AvgIpc) is 2.50. The number of esters is 1. The second kappa shape index (κ2) is 4.70. The van der Waals surface area contributed by atoms with E-state index in [0.717, 1.165) is 23.1 Å². The molecule has 1 atom stereocenters. The molecule has 1 unspecified atom stereocenters. The second-order valence-corrected chi connectivity index (χ2v) is 4.49. The molecule has 0 bridgehead atoms. The molecule has 3 nitrogen and oxygen atoms in total. The maximum Gasteiger partial charge on any atom is 0.309 e. The van der Waals surface area contributed by atoms with Crippen molar-refractivity contribution in [2.75, 3.05) is 7.11 Å². The lowest BCUT2D eigenvalue weighted by molar-refractivity contribution is -0.145. The molecule has 90 valence electrons. The highest BCUT2D eigenvalue weighted by molar-refractivity contribution is 6.00. The number of carbonyl (C=O) groups excluding carboxylic acids is 2. The molecule has 0 saturated heterocycles. The van der Waals surface area contributed by atoms with E-state index in [9.17, 15) is 9.59 Å². The van der Waals surface area contributed by atoms with Gasteiger partial charge in [0.2, 0.25) is 0 Å². The van der Waals surface area contributed by atoms with Crippen molar-refractivity contribution in [2.24, 2.45) is 5.92 Å². The van der Waals surface area contributed by atoms with Gasteiger partial charge in [0.15, 0.2) is 5.78 Å². The normalized spacial score (nSPS) is 19.4. The second-order valence-electron chi connectivity index (χ2n) is 4.49. The van der Waals surface area contributed by atoms with Crippen molar-refractivity contribution in [1.29, 1.82) is 0 Å². The van der Waals surface area contributed by atoms with Gasteiger partial charge in [0.1, 0.15) is 0 Å². The number of aryl methyl sites for hydroxylation is 1. The number of benzene rings is 1. The van der Waals surface area contributed by atoms with Crippen LogP contribution >= 0.6 is 0 Å². The monoisotopic (exact) mass is 232 g/mol. The molecule has 0 N–H and O–H groups in total. The molecule has 0 aromatic heterocycles. The van der Waals surface area contributed by atoms with Crippen LogP contribution in [0.3, 0.4) is 0 Å². The maximum absolute atomic E-state index is 12.1. The van der Waals surface area contributed by atoms with Crippen molar-refractivity contribution < 1.29 is 14.3 Å². The molecule has 0 amide bonds. The number of methoxy groups -OCH3 is 1. The van der Waals surface area contributed by atoms with Gasteiger partial charge in [0, 0.05) is 12.0 Å². The van der Waals surface area contributed by atoms with Crippen LogP contribution in [-0.2, 0) is 16.0 Å². The van der Waals surface area contributed by atoms with Crippen LogP contribution in [0.2, 0.25) is 0 Å². The van der Waals surface area contributed by atoms with Gasteiger partial charge in [-0.2, -0.15) is 0 Å². The number of Topliss-reactive ketones (excluding diaryl/α,β-unsaturated/α-hetero) is 1. The van der Waals surface area contributed by atoms with Crippen molar-refractivity contribution in [3.8, 4) is 0 Å². The van der Waals surface area contributed by atoms with Crippen molar-refractivity contribution in [3.05, 3.63) is 34.9 Å². The van der Waals surface area contributed by atoms with Crippen LogP contribution in [0.4, 0.5) is 0 Å². The zero-order valence-corrected chi connectivity index (χ0v) is 10.2. The van der Waals surface area contributed by atoms with Crippen molar-refractivity contribution in [2.45, 2.75) is 26.2 Å². The lowest BCUT2D eigenvalue weighted by Gasteiger charge is -2.09. The zero-order valence-electron chi connectivity index (χ0n) is 10.2. The first-order chi connectivity index (χ1) is 8.13. The van der Waals surface area contributed by atoms with E-state index < -0.39 is 0 Å². The predicted molar refractivity (Wildman–Crippen MR) is 64.0 cm³/mol. The van der Waals surface area contributed by atoms with Gasteiger partial charge in [-0.1, -0.05) is 18.2 Å². The first kappa shape index (κ1) is 11.8. The highest BCUT2D eigenvalue weighted by atomic mass is 16.5. The summed E-state index contributed by atoms with van der Waals surface area (Å²) in [6.45, 7) is 2.00. The van der Waals surface area contributed by atoms with E-state index in [1.807, 2.05) is 25.1 Å². The number of hydrogen-bond acceptors (Lipinski definition) is 3.